The summed E-state index contributed by atoms with van der Waals surface area (Å²) in [5.74, 6) is -0.921. The molecular formula is C68H118O6. The molecule has 0 aromatic carbocycles. The first-order valence-corrected chi connectivity index (χ1v) is 31.6. The van der Waals surface area contributed by atoms with Crippen LogP contribution in [-0.2, 0) is 28.6 Å². The number of unbranched alkanes of at least 4 members (excludes halogenated alkanes) is 32. The van der Waals surface area contributed by atoms with Crippen LogP contribution in [0.25, 0.3) is 0 Å². The molecule has 0 rings (SSSR count). The van der Waals surface area contributed by atoms with Gasteiger partial charge in [-0.3, -0.25) is 14.4 Å². The third-order valence-corrected chi connectivity index (χ3v) is 13.6. The van der Waals surface area contributed by atoms with Gasteiger partial charge in [-0.15, -0.1) is 0 Å². The fourth-order valence-corrected chi connectivity index (χ4v) is 8.87. The quantitative estimate of drug-likeness (QED) is 0.0261. The van der Waals surface area contributed by atoms with Crippen LogP contribution in [0.5, 0.6) is 0 Å². The van der Waals surface area contributed by atoms with E-state index in [0.717, 1.165) is 103 Å². The summed E-state index contributed by atoms with van der Waals surface area (Å²) in [6.45, 7) is 6.47. The van der Waals surface area contributed by atoms with Gasteiger partial charge in [0.1, 0.15) is 13.2 Å². The van der Waals surface area contributed by atoms with Crippen LogP contribution in [0.4, 0.5) is 0 Å². The largest absolute Gasteiger partial charge is 0.462 e. The number of hydrogen-bond donors (Lipinski definition) is 0. The lowest BCUT2D eigenvalue weighted by Gasteiger charge is -2.18. The van der Waals surface area contributed by atoms with Gasteiger partial charge in [0.05, 0.1) is 0 Å². The first-order valence-electron chi connectivity index (χ1n) is 31.6. The van der Waals surface area contributed by atoms with E-state index in [9.17, 15) is 14.4 Å². The van der Waals surface area contributed by atoms with Gasteiger partial charge in [0, 0.05) is 19.3 Å². The monoisotopic (exact) mass is 1030 g/mol. The predicted octanol–water partition coefficient (Wildman–Crippen LogP) is 21.5. The maximum atomic E-state index is 12.8. The molecule has 0 spiro atoms. The molecule has 0 aliphatic carbocycles. The Balaban J connectivity index is 4.15. The van der Waals surface area contributed by atoms with Gasteiger partial charge < -0.3 is 14.2 Å². The first kappa shape index (κ1) is 70.6. The highest BCUT2D eigenvalue weighted by molar-refractivity contribution is 5.71. The first-order chi connectivity index (χ1) is 36.5. The zero-order valence-electron chi connectivity index (χ0n) is 48.8. The average molecular weight is 1030 g/mol. The Kier molecular flexibility index (Phi) is 59.3. The van der Waals surface area contributed by atoms with E-state index in [2.05, 4.69) is 106 Å². The molecule has 426 valence electrons. The lowest BCUT2D eigenvalue weighted by molar-refractivity contribution is -0.167. The molecule has 1 unspecified atom stereocenters. The second kappa shape index (κ2) is 62.1. The molecule has 0 aliphatic rings. The van der Waals surface area contributed by atoms with E-state index in [1.165, 1.54) is 167 Å². The molecule has 0 saturated carbocycles. The highest BCUT2D eigenvalue weighted by atomic mass is 16.6. The Labute approximate surface area is 458 Å². The van der Waals surface area contributed by atoms with Crippen molar-refractivity contribution in [2.45, 2.75) is 316 Å². The smallest absolute Gasteiger partial charge is 0.306 e. The van der Waals surface area contributed by atoms with E-state index < -0.39 is 6.10 Å². The molecule has 0 bridgehead atoms. The maximum Gasteiger partial charge on any atom is 0.306 e. The summed E-state index contributed by atoms with van der Waals surface area (Å²) in [6.07, 6.45) is 81.8. The van der Waals surface area contributed by atoms with Gasteiger partial charge in [0.15, 0.2) is 6.10 Å². The summed E-state index contributed by atoms with van der Waals surface area (Å²) in [7, 11) is 0. The Hall–Kier alpha value is -3.41. The topological polar surface area (TPSA) is 78.9 Å². The van der Waals surface area contributed by atoms with Crippen LogP contribution in [0.2, 0.25) is 0 Å². The highest BCUT2D eigenvalue weighted by Crippen LogP contribution is 2.16. The summed E-state index contributed by atoms with van der Waals surface area (Å²) in [4.78, 5) is 38.1. The van der Waals surface area contributed by atoms with Crippen LogP contribution >= 0.6 is 0 Å². The van der Waals surface area contributed by atoms with E-state index in [1.807, 2.05) is 0 Å². The molecule has 0 N–H and O–H groups in total. The van der Waals surface area contributed by atoms with Gasteiger partial charge >= 0.3 is 17.9 Å². The lowest BCUT2D eigenvalue weighted by atomic mass is 10.0. The SMILES string of the molecule is CC/C=C\C/C=C\C/C=C\CCCCCC(=O)OC(COC(=O)CCCCCCC/C=C\CCCCC)COC(=O)CCCCCCCCCCCCCCCCCC/C=C\C/C=C\C/C=C\CCCCCCC. The van der Waals surface area contributed by atoms with Crippen molar-refractivity contribution in [2.24, 2.45) is 0 Å². The Morgan fingerprint density at radius 3 is 0.878 bits per heavy atom. The van der Waals surface area contributed by atoms with Crippen molar-refractivity contribution in [1.82, 2.24) is 0 Å². The lowest BCUT2D eigenvalue weighted by Crippen LogP contribution is -2.30. The van der Waals surface area contributed by atoms with E-state index in [4.69, 9.17) is 14.2 Å². The molecule has 0 aliphatic heterocycles. The summed E-state index contributed by atoms with van der Waals surface area (Å²) in [6, 6.07) is 0. The molecule has 0 aromatic heterocycles. The van der Waals surface area contributed by atoms with Gasteiger partial charge in [-0.25, -0.2) is 0 Å². The zero-order chi connectivity index (χ0) is 53.6. The van der Waals surface area contributed by atoms with Crippen LogP contribution in [0.1, 0.15) is 310 Å². The molecule has 0 radical (unpaired) electrons. The van der Waals surface area contributed by atoms with E-state index in [0.29, 0.717) is 19.3 Å². The summed E-state index contributed by atoms with van der Waals surface area (Å²) >= 11 is 0. The fourth-order valence-electron chi connectivity index (χ4n) is 8.87. The van der Waals surface area contributed by atoms with Gasteiger partial charge in [-0.05, 0) is 116 Å². The van der Waals surface area contributed by atoms with Crippen LogP contribution in [-0.4, -0.2) is 37.2 Å². The summed E-state index contributed by atoms with van der Waals surface area (Å²) in [5.41, 5.74) is 0. The Morgan fingerprint density at radius 2 is 0.527 bits per heavy atom. The third kappa shape index (κ3) is 59.5. The molecule has 6 heteroatoms. The summed E-state index contributed by atoms with van der Waals surface area (Å²) < 4.78 is 16.8. The highest BCUT2D eigenvalue weighted by Gasteiger charge is 2.19. The van der Waals surface area contributed by atoms with E-state index in [-0.39, 0.29) is 31.1 Å². The standard InChI is InChI=1S/C68H118O6/c1-4-7-10-13-16-19-22-25-26-27-28-29-30-31-32-33-34-35-36-37-38-39-40-41-42-44-46-49-52-55-58-61-67(70)73-64-65(63-72-66(69)60-57-54-51-48-45-24-21-18-15-12-9-6-3)74-68(71)62-59-56-53-50-47-43-23-20-17-14-11-8-5-2/h8,11,17-18,20-22,25,27-28,30-31,43,47,65H,4-7,9-10,12-16,19,23-24,26,29,32-42,44-46,48-64H2,1-3H3/b11-8-,20-17-,21-18-,25-22-,28-27-,31-30-,47-43-. The van der Waals surface area contributed by atoms with Gasteiger partial charge in [-0.2, -0.15) is 0 Å². The van der Waals surface area contributed by atoms with Crippen LogP contribution in [0, 0.1) is 0 Å². The van der Waals surface area contributed by atoms with E-state index in [1.54, 1.807) is 0 Å². The van der Waals surface area contributed by atoms with Crippen LogP contribution < -0.4 is 0 Å². The van der Waals surface area contributed by atoms with Crippen LogP contribution in [0.15, 0.2) is 85.1 Å². The van der Waals surface area contributed by atoms with Crippen molar-refractivity contribution in [3.63, 3.8) is 0 Å². The normalized spacial score (nSPS) is 12.6. The molecule has 74 heavy (non-hydrogen) atoms. The molecule has 0 saturated heterocycles. The molecule has 0 aromatic rings. The van der Waals surface area contributed by atoms with Crippen molar-refractivity contribution in [3.05, 3.63) is 85.1 Å². The molecular weight excluding hydrogens is 913 g/mol. The third-order valence-electron chi connectivity index (χ3n) is 13.6. The number of allylic oxidation sites excluding steroid dienone is 14. The molecule has 0 heterocycles. The minimum Gasteiger partial charge on any atom is -0.462 e. The summed E-state index contributed by atoms with van der Waals surface area (Å²) in [5, 5.41) is 0. The number of ether oxygens (including phenoxy) is 3. The molecule has 6 nitrogen and oxygen atoms in total. The fraction of sp³-hybridized carbons (Fsp3) is 0.750. The Bertz CT molecular complexity index is 1420. The number of rotatable bonds is 57. The average Bonchev–Trinajstić information content (AvgIpc) is 3.40. The second-order valence-corrected chi connectivity index (χ2v) is 20.9. The minimum atomic E-state index is -0.794. The number of carbonyl (C=O) groups excluding carboxylic acids is 3. The van der Waals surface area contributed by atoms with Crippen molar-refractivity contribution < 1.29 is 28.6 Å². The van der Waals surface area contributed by atoms with Gasteiger partial charge in [0.25, 0.3) is 0 Å². The minimum absolute atomic E-state index is 0.0894. The van der Waals surface area contributed by atoms with E-state index >= 15 is 0 Å². The maximum absolute atomic E-state index is 12.8. The molecule has 0 fully saturated rings. The molecule has 1 atom stereocenters. The number of esters is 3. The second-order valence-electron chi connectivity index (χ2n) is 20.9. The zero-order valence-corrected chi connectivity index (χ0v) is 48.8. The van der Waals surface area contributed by atoms with Gasteiger partial charge in [-0.1, -0.05) is 260 Å². The predicted molar refractivity (Wildman–Crippen MR) is 321 cm³/mol. The number of carbonyl (C=O) groups is 3. The Morgan fingerprint density at radius 1 is 0.284 bits per heavy atom. The number of hydrogen-bond acceptors (Lipinski definition) is 6. The van der Waals surface area contributed by atoms with Crippen molar-refractivity contribution >= 4 is 17.9 Å². The van der Waals surface area contributed by atoms with Gasteiger partial charge in [0.2, 0.25) is 0 Å². The molecule has 0 amide bonds. The van der Waals surface area contributed by atoms with Crippen molar-refractivity contribution in [2.75, 3.05) is 13.2 Å². The van der Waals surface area contributed by atoms with Crippen molar-refractivity contribution in [3.8, 4) is 0 Å². The van der Waals surface area contributed by atoms with Crippen LogP contribution in [0.3, 0.4) is 0 Å². The van der Waals surface area contributed by atoms with Crippen molar-refractivity contribution in [1.29, 1.82) is 0 Å².